The summed E-state index contributed by atoms with van der Waals surface area (Å²) in [6.07, 6.45) is 0.904. The molecule has 6 heteroatoms. The van der Waals surface area contributed by atoms with E-state index in [-0.39, 0.29) is 39.4 Å². The minimum absolute atomic E-state index is 0.0365. The standard InChI is InChI=1S/C22H18N2O4/c1-2-11-3-5-12(6-4-11)24-14-8-10-16(26)20-18(14)21(27)17-13(23)7-9-15(25)19(17)22(20)28/h3-10,24-26H,2,23H2,1H3. The van der Waals surface area contributed by atoms with Crippen molar-refractivity contribution in [2.75, 3.05) is 11.1 Å². The molecule has 0 aliphatic heterocycles. The highest BCUT2D eigenvalue weighted by atomic mass is 16.3. The van der Waals surface area contributed by atoms with Gasteiger partial charge in [-0.3, -0.25) is 9.59 Å². The van der Waals surface area contributed by atoms with Gasteiger partial charge in [-0.25, -0.2) is 0 Å². The lowest BCUT2D eigenvalue weighted by Gasteiger charge is -2.23. The Balaban J connectivity index is 1.88. The van der Waals surface area contributed by atoms with Crippen molar-refractivity contribution in [1.82, 2.24) is 0 Å². The number of carbonyl (C=O) groups is 2. The second kappa shape index (κ2) is 6.42. The van der Waals surface area contributed by atoms with Crippen molar-refractivity contribution < 1.29 is 19.8 Å². The van der Waals surface area contributed by atoms with Crippen molar-refractivity contribution in [1.29, 1.82) is 0 Å². The maximum atomic E-state index is 13.2. The fraction of sp³-hybridized carbons (Fsp3) is 0.0909. The number of nitrogens with one attached hydrogen (secondary N) is 1. The van der Waals surface area contributed by atoms with Crippen LogP contribution in [0.4, 0.5) is 17.1 Å². The molecule has 6 nitrogen and oxygen atoms in total. The van der Waals surface area contributed by atoms with E-state index < -0.39 is 11.6 Å². The summed E-state index contributed by atoms with van der Waals surface area (Å²) < 4.78 is 0. The first-order valence-electron chi connectivity index (χ1n) is 8.85. The summed E-state index contributed by atoms with van der Waals surface area (Å²) in [4.78, 5) is 26.2. The number of nitrogen functional groups attached to an aromatic ring is 1. The second-order valence-corrected chi connectivity index (χ2v) is 6.64. The molecule has 0 bridgehead atoms. The number of hydrogen-bond acceptors (Lipinski definition) is 6. The number of anilines is 3. The lowest BCUT2D eigenvalue weighted by Crippen LogP contribution is -2.24. The number of rotatable bonds is 3. The van der Waals surface area contributed by atoms with Crippen LogP contribution in [0.1, 0.15) is 44.3 Å². The zero-order chi connectivity index (χ0) is 20.0. The second-order valence-electron chi connectivity index (χ2n) is 6.64. The van der Waals surface area contributed by atoms with Crippen molar-refractivity contribution in [3.8, 4) is 11.5 Å². The number of hydrogen-bond donors (Lipinski definition) is 4. The maximum absolute atomic E-state index is 13.2. The van der Waals surface area contributed by atoms with Gasteiger partial charge in [0, 0.05) is 11.4 Å². The van der Waals surface area contributed by atoms with Crippen molar-refractivity contribution in [2.45, 2.75) is 13.3 Å². The molecule has 0 unspecified atom stereocenters. The van der Waals surface area contributed by atoms with Gasteiger partial charge in [-0.1, -0.05) is 19.1 Å². The largest absolute Gasteiger partial charge is 0.507 e. The Kier molecular flexibility index (Phi) is 4.04. The number of fused-ring (bicyclic) bond motifs is 2. The van der Waals surface area contributed by atoms with Gasteiger partial charge in [0.15, 0.2) is 5.78 Å². The quantitative estimate of drug-likeness (QED) is 0.321. The first kappa shape index (κ1) is 17.6. The number of ketones is 2. The Labute approximate surface area is 161 Å². The molecule has 5 N–H and O–H groups in total. The summed E-state index contributed by atoms with van der Waals surface area (Å²) in [6.45, 7) is 2.06. The SMILES string of the molecule is CCc1ccc(Nc2ccc(O)c3c2C(=O)c2c(N)ccc(O)c2C3=O)cc1. The molecule has 0 spiro atoms. The summed E-state index contributed by atoms with van der Waals surface area (Å²) in [5, 5.41) is 23.5. The predicted molar refractivity (Wildman–Crippen MR) is 107 cm³/mol. The number of benzene rings is 3. The summed E-state index contributed by atoms with van der Waals surface area (Å²) in [7, 11) is 0. The lowest BCUT2D eigenvalue weighted by atomic mass is 9.81. The molecular weight excluding hydrogens is 356 g/mol. The van der Waals surface area contributed by atoms with Gasteiger partial charge in [-0.2, -0.15) is 0 Å². The van der Waals surface area contributed by atoms with Gasteiger partial charge in [-0.05, 0) is 48.4 Å². The van der Waals surface area contributed by atoms with Crippen molar-refractivity contribution in [3.63, 3.8) is 0 Å². The van der Waals surface area contributed by atoms with Crippen molar-refractivity contribution >= 4 is 28.6 Å². The Morgan fingerprint density at radius 2 is 1.36 bits per heavy atom. The molecule has 0 fully saturated rings. The van der Waals surface area contributed by atoms with Gasteiger partial charge in [0.1, 0.15) is 11.5 Å². The molecule has 0 atom stereocenters. The molecule has 1 aliphatic carbocycles. The topological polar surface area (TPSA) is 113 Å². The average molecular weight is 374 g/mol. The van der Waals surface area contributed by atoms with E-state index in [1.807, 2.05) is 24.3 Å². The number of aryl methyl sites for hydroxylation is 1. The molecule has 4 rings (SSSR count). The molecule has 0 heterocycles. The van der Waals surface area contributed by atoms with Gasteiger partial charge in [0.05, 0.1) is 27.9 Å². The smallest absolute Gasteiger partial charge is 0.202 e. The fourth-order valence-electron chi connectivity index (χ4n) is 3.47. The van der Waals surface area contributed by atoms with E-state index in [0.717, 1.165) is 12.1 Å². The van der Waals surface area contributed by atoms with Gasteiger partial charge < -0.3 is 21.3 Å². The molecular formula is C22H18N2O4. The van der Waals surface area contributed by atoms with Crippen molar-refractivity contribution in [2.24, 2.45) is 0 Å². The molecule has 1 aliphatic rings. The van der Waals surface area contributed by atoms with Crippen LogP contribution in [0.25, 0.3) is 0 Å². The molecule has 0 saturated heterocycles. The van der Waals surface area contributed by atoms with E-state index in [1.54, 1.807) is 0 Å². The first-order chi connectivity index (χ1) is 13.4. The van der Waals surface area contributed by atoms with E-state index >= 15 is 0 Å². The van der Waals surface area contributed by atoms with Gasteiger partial charge >= 0.3 is 0 Å². The van der Waals surface area contributed by atoms with E-state index in [1.165, 1.54) is 29.8 Å². The fourth-order valence-corrected chi connectivity index (χ4v) is 3.47. The van der Waals surface area contributed by atoms with Crippen LogP contribution in [0.5, 0.6) is 11.5 Å². The van der Waals surface area contributed by atoms with E-state index in [2.05, 4.69) is 12.2 Å². The zero-order valence-corrected chi connectivity index (χ0v) is 15.1. The molecule has 0 amide bonds. The van der Waals surface area contributed by atoms with Crippen LogP contribution in [-0.4, -0.2) is 21.8 Å². The average Bonchev–Trinajstić information content (AvgIpc) is 2.69. The van der Waals surface area contributed by atoms with E-state index in [9.17, 15) is 19.8 Å². The van der Waals surface area contributed by atoms with Crippen LogP contribution in [0, 0.1) is 0 Å². The summed E-state index contributed by atoms with van der Waals surface area (Å²) >= 11 is 0. The number of phenolic OH excluding ortho intramolecular Hbond substituents is 2. The number of phenols is 2. The molecule has 0 radical (unpaired) electrons. The Morgan fingerprint density at radius 3 is 2.00 bits per heavy atom. The van der Waals surface area contributed by atoms with Crippen molar-refractivity contribution in [3.05, 3.63) is 76.3 Å². The summed E-state index contributed by atoms with van der Waals surface area (Å²) in [5.74, 6) is -1.84. The Morgan fingerprint density at radius 1 is 0.786 bits per heavy atom. The highest BCUT2D eigenvalue weighted by Crippen LogP contribution is 2.42. The molecule has 3 aromatic carbocycles. The Bertz CT molecular complexity index is 1130. The van der Waals surface area contributed by atoms with Crippen LogP contribution in [0.3, 0.4) is 0 Å². The van der Waals surface area contributed by atoms with Gasteiger partial charge in [-0.15, -0.1) is 0 Å². The van der Waals surface area contributed by atoms with Crippen LogP contribution >= 0.6 is 0 Å². The summed E-state index contributed by atoms with van der Waals surface area (Å²) in [6, 6.07) is 13.2. The third kappa shape index (κ3) is 2.58. The predicted octanol–water partition coefficient (Wildman–Crippen LogP) is 3.76. The maximum Gasteiger partial charge on any atom is 0.202 e. The van der Waals surface area contributed by atoms with E-state index in [4.69, 9.17) is 5.73 Å². The number of aromatic hydroxyl groups is 2. The normalized spacial score (nSPS) is 12.5. The molecule has 0 saturated carbocycles. The number of nitrogens with two attached hydrogens (primary N) is 1. The van der Waals surface area contributed by atoms with Gasteiger partial charge in [0.2, 0.25) is 5.78 Å². The minimum atomic E-state index is -0.642. The van der Waals surface area contributed by atoms with E-state index in [0.29, 0.717) is 5.69 Å². The minimum Gasteiger partial charge on any atom is -0.507 e. The van der Waals surface area contributed by atoms with Gasteiger partial charge in [0.25, 0.3) is 0 Å². The summed E-state index contributed by atoms with van der Waals surface area (Å²) in [5.41, 5.74) is 7.96. The lowest BCUT2D eigenvalue weighted by molar-refractivity contribution is 0.0975. The highest BCUT2D eigenvalue weighted by Gasteiger charge is 2.37. The first-order valence-corrected chi connectivity index (χ1v) is 8.85. The molecule has 3 aromatic rings. The third-order valence-corrected chi connectivity index (χ3v) is 4.95. The highest BCUT2D eigenvalue weighted by molar-refractivity contribution is 6.33. The van der Waals surface area contributed by atoms with Crippen LogP contribution in [0.2, 0.25) is 0 Å². The van der Waals surface area contributed by atoms with Crippen LogP contribution in [-0.2, 0) is 6.42 Å². The van der Waals surface area contributed by atoms with Crippen LogP contribution in [0.15, 0.2) is 48.5 Å². The molecule has 28 heavy (non-hydrogen) atoms. The molecule has 0 aromatic heterocycles. The zero-order valence-electron chi connectivity index (χ0n) is 15.1. The Hall–Kier alpha value is -3.80. The number of carbonyl (C=O) groups excluding carboxylic acids is 2. The monoisotopic (exact) mass is 374 g/mol. The van der Waals surface area contributed by atoms with Crippen LogP contribution < -0.4 is 11.1 Å². The molecule has 140 valence electrons. The third-order valence-electron chi connectivity index (χ3n) is 4.95.